The fourth-order valence-corrected chi connectivity index (χ4v) is 4.54. The minimum absolute atomic E-state index is 0.0672. The zero-order valence-corrected chi connectivity index (χ0v) is 16.9. The van der Waals surface area contributed by atoms with Crippen LogP contribution >= 0.6 is 31.9 Å². The Labute approximate surface area is 164 Å². The zero-order valence-electron chi connectivity index (χ0n) is 12.9. The second-order valence-corrected chi connectivity index (χ2v) is 8.58. The quantitative estimate of drug-likeness (QED) is 0.623. The summed E-state index contributed by atoms with van der Waals surface area (Å²) in [7, 11) is -1.32. The molecule has 132 valence electrons. The molecule has 0 fully saturated rings. The number of carboxylic acids is 1. The van der Waals surface area contributed by atoms with E-state index in [-0.39, 0.29) is 12.2 Å². The standard InChI is InChI=1S/C17H15Br2NO4S/c18-12-8-11(9-13(19)10-12)16(21)20-15(17(22)23)6-7-25(24)14-4-2-1-3-5-14/h1-5,8-10,15H,6-7H2,(H,20,21)(H,22,23)/t15-,25-/m0/s1. The molecule has 0 heterocycles. The summed E-state index contributed by atoms with van der Waals surface area (Å²) in [6.07, 6.45) is 0.0672. The highest BCUT2D eigenvalue weighted by molar-refractivity contribution is 9.11. The molecule has 25 heavy (non-hydrogen) atoms. The van der Waals surface area contributed by atoms with Crippen molar-refractivity contribution in [2.24, 2.45) is 0 Å². The third-order valence-electron chi connectivity index (χ3n) is 3.33. The number of hydrogen-bond acceptors (Lipinski definition) is 3. The number of hydrogen-bond donors (Lipinski definition) is 2. The first-order chi connectivity index (χ1) is 11.9. The number of carbonyl (C=O) groups excluding carboxylic acids is 1. The average Bonchev–Trinajstić information content (AvgIpc) is 2.57. The van der Waals surface area contributed by atoms with Crippen LogP contribution in [0.2, 0.25) is 0 Å². The number of aliphatic carboxylic acids is 1. The van der Waals surface area contributed by atoms with E-state index >= 15 is 0 Å². The van der Waals surface area contributed by atoms with Crippen molar-refractivity contribution in [3.8, 4) is 0 Å². The molecule has 2 aromatic rings. The molecule has 1 amide bonds. The number of halogens is 2. The summed E-state index contributed by atoms with van der Waals surface area (Å²) >= 11 is 6.57. The van der Waals surface area contributed by atoms with Crippen LogP contribution < -0.4 is 5.32 Å². The van der Waals surface area contributed by atoms with Crippen molar-refractivity contribution in [1.29, 1.82) is 0 Å². The second-order valence-electron chi connectivity index (χ2n) is 5.17. The maximum Gasteiger partial charge on any atom is 0.326 e. The molecule has 0 saturated carbocycles. The first-order valence-electron chi connectivity index (χ1n) is 7.30. The van der Waals surface area contributed by atoms with Crippen molar-refractivity contribution >= 4 is 54.5 Å². The van der Waals surface area contributed by atoms with Gasteiger partial charge in [0.25, 0.3) is 5.91 Å². The summed E-state index contributed by atoms with van der Waals surface area (Å²) in [5.74, 6) is -1.52. The third-order valence-corrected chi connectivity index (χ3v) is 5.65. The van der Waals surface area contributed by atoms with Gasteiger partial charge in [-0.15, -0.1) is 0 Å². The highest BCUT2D eigenvalue weighted by Crippen LogP contribution is 2.20. The van der Waals surface area contributed by atoms with Crippen molar-refractivity contribution in [2.75, 3.05) is 5.75 Å². The van der Waals surface area contributed by atoms with Crippen molar-refractivity contribution in [3.63, 3.8) is 0 Å². The summed E-state index contributed by atoms with van der Waals surface area (Å²) < 4.78 is 13.6. The van der Waals surface area contributed by atoms with Crippen LogP contribution in [0.25, 0.3) is 0 Å². The van der Waals surface area contributed by atoms with Crippen LogP contribution in [-0.2, 0) is 15.6 Å². The fraction of sp³-hybridized carbons (Fsp3) is 0.176. The third kappa shape index (κ3) is 6.05. The smallest absolute Gasteiger partial charge is 0.326 e. The maximum atomic E-state index is 12.3. The van der Waals surface area contributed by atoms with Gasteiger partial charge in [-0.3, -0.25) is 9.00 Å². The van der Waals surface area contributed by atoms with Crippen molar-refractivity contribution < 1.29 is 18.9 Å². The number of nitrogens with one attached hydrogen (secondary N) is 1. The lowest BCUT2D eigenvalue weighted by Crippen LogP contribution is -2.41. The van der Waals surface area contributed by atoms with Gasteiger partial charge in [0, 0.05) is 25.2 Å². The first-order valence-corrected chi connectivity index (χ1v) is 10.2. The Morgan fingerprint density at radius 1 is 1.08 bits per heavy atom. The van der Waals surface area contributed by atoms with E-state index in [9.17, 15) is 18.9 Å². The van der Waals surface area contributed by atoms with E-state index in [1.807, 2.05) is 6.07 Å². The van der Waals surface area contributed by atoms with Crippen molar-refractivity contribution in [1.82, 2.24) is 5.32 Å². The minimum Gasteiger partial charge on any atom is -0.480 e. The van der Waals surface area contributed by atoms with Crippen molar-refractivity contribution in [2.45, 2.75) is 17.4 Å². The molecule has 0 radical (unpaired) electrons. The number of carboxylic acid groups (broad SMARTS) is 1. The van der Waals surface area contributed by atoms with E-state index in [0.29, 0.717) is 19.4 Å². The molecule has 0 spiro atoms. The van der Waals surface area contributed by atoms with E-state index in [4.69, 9.17) is 0 Å². The maximum absolute atomic E-state index is 12.3. The second kappa shape index (κ2) is 9.26. The Balaban J connectivity index is 2.02. The SMILES string of the molecule is O=C(N[C@@H](CC[S@](=O)c1ccccc1)C(=O)O)c1cc(Br)cc(Br)c1. The Hall–Kier alpha value is -1.51. The molecular weight excluding hydrogens is 474 g/mol. The van der Waals surface area contributed by atoms with Gasteiger partial charge in [-0.05, 0) is 36.8 Å². The molecule has 8 heteroatoms. The molecule has 2 atom stereocenters. The molecule has 2 N–H and O–H groups in total. The average molecular weight is 489 g/mol. The largest absolute Gasteiger partial charge is 0.480 e. The van der Waals surface area contributed by atoms with Gasteiger partial charge in [-0.25, -0.2) is 4.79 Å². The summed E-state index contributed by atoms with van der Waals surface area (Å²) in [4.78, 5) is 24.3. The predicted octanol–water partition coefficient (Wildman–Crippen LogP) is 3.59. The monoisotopic (exact) mass is 487 g/mol. The van der Waals surface area contributed by atoms with Crippen LogP contribution in [0.5, 0.6) is 0 Å². The van der Waals surface area contributed by atoms with Crippen molar-refractivity contribution in [3.05, 3.63) is 63.0 Å². The number of carbonyl (C=O) groups is 2. The molecule has 0 aliphatic carbocycles. The van der Waals surface area contributed by atoms with E-state index in [2.05, 4.69) is 37.2 Å². The molecule has 2 rings (SSSR count). The van der Waals surface area contributed by atoms with Gasteiger partial charge in [0.15, 0.2) is 0 Å². The van der Waals surface area contributed by atoms with Crippen LogP contribution in [-0.4, -0.2) is 33.0 Å². The van der Waals surface area contributed by atoms with E-state index < -0.39 is 28.7 Å². The normalized spacial score (nSPS) is 13.0. The van der Waals surface area contributed by atoms with Crippen LogP contribution in [0.4, 0.5) is 0 Å². The Morgan fingerprint density at radius 3 is 2.24 bits per heavy atom. The van der Waals surface area contributed by atoms with Gasteiger partial charge in [-0.2, -0.15) is 0 Å². The molecular formula is C17H15Br2NO4S. The van der Waals surface area contributed by atoms with Gasteiger partial charge in [0.05, 0.1) is 10.8 Å². The Bertz CT molecular complexity index is 778. The molecule has 0 saturated heterocycles. The van der Waals surface area contributed by atoms with E-state index in [1.54, 1.807) is 42.5 Å². The Kier molecular flexibility index (Phi) is 7.34. The molecule has 0 aliphatic rings. The van der Waals surface area contributed by atoms with E-state index in [1.165, 1.54) is 0 Å². The molecule has 2 aromatic carbocycles. The summed E-state index contributed by atoms with van der Waals surface area (Å²) in [6, 6.07) is 12.7. The molecule has 0 aromatic heterocycles. The fourth-order valence-electron chi connectivity index (χ4n) is 2.10. The van der Waals surface area contributed by atoms with Crippen LogP contribution in [0.1, 0.15) is 16.8 Å². The van der Waals surface area contributed by atoms with Gasteiger partial charge in [-0.1, -0.05) is 50.1 Å². The highest BCUT2D eigenvalue weighted by Gasteiger charge is 2.22. The van der Waals surface area contributed by atoms with Crippen LogP contribution in [0, 0.1) is 0 Å². The lowest BCUT2D eigenvalue weighted by atomic mass is 10.1. The molecule has 0 unspecified atom stereocenters. The summed E-state index contributed by atoms with van der Waals surface area (Å²) in [6.45, 7) is 0. The summed E-state index contributed by atoms with van der Waals surface area (Å²) in [5.41, 5.74) is 0.330. The first kappa shape index (κ1) is 19.8. The highest BCUT2D eigenvalue weighted by atomic mass is 79.9. The molecule has 5 nitrogen and oxygen atoms in total. The van der Waals surface area contributed by atoms with Crippen LogP contribution in [0.15, 0.2) is 62.4 Å². The zero-order chi connectivity index (χ0) is 18.4. The van der Waals surface area contributed by atoms with Gasteiger partial charge < -0.3 is 10.4 Å². The predicted molar refractivity (Wildman–Crippen MR) is 103 cm³/mol. The van der Waals surface area contributed by atoms with Gasteiger partial charge >= 0.3 is 5.97 Å². The van der Waals surface area contributed by atoms with Gasteiger partial charge in [0.2, 0.25) is 0 Å². The Morgan fingerprint density at radius 2 is 1.68 bits per heavy atom. The van der Waals surface area contributed by atoms with Gasteiger partial charge in [0.1, 0.15) is 6.04 Å². The number of rotatable bonds is 7. The topological polar surface area (TPSA) is 83.5 Å². The number of amides is 1. The molecule has 0 bridgehead atoms. The number of benzene rings is 2. The minimum atomic E-state index is -1.32. The summed E-state index contributed by atoms with van der Waals surface area (Å²) in [5, 5.41) is 11.8. The lowest BCUT2D eigenvalue weighted by Gasteiger charge is -2.15. The van der Waals surface area contributed by atoms with Crippen LogP contribution in [0.3, 0.4) is 0 Å². The lowest BCUT2D eigenvalue weighted by molar-refractivity contribution is -0.139. The molecule has 0 aliphatic heterocycles. The van der Waals surface area contributed by atoms with E-state index in [0.717, 1.165) is 0 Å².